The first-order valence-corrected chi connectivity index (χ1v) is 6.42. The topological polar surface area (TPSA) is 75.9 Å². The molecule has 6 nitrogen and oxygen atoms in total. The molecule has 0 aliphatic carbocycles. The Balaban J connectivity index is 5.31. The van der Waals surface area contributed by atoms with E-state index in [4.69, 9.17) is 10.5 Å². The van der Waals surface area contributed by atoms with Gasteiger partial charge in [-0.3, -0.25) is 9.69 Å². The number of likely N-dealkylation sites (N-methyl/N-ethyl adjacent to an activating group) is 2. The average molecular weight is 273 g/mol. The molecule has 19 heavy (non-hydrogen) atoms. The number of rotatable bonds is 8. The summed E-state index contributed by atoms with van der Waals surface area (Å²) < 4.78 is 4.81. The van der Waals surface area contributed by atoms with E-state index in [0.717, 1.165) is 6.54 Å². The third-order valence-corrected chi connectivity index (χ3v) is 3.17. The molecule has 0 saturated carbocycles. The van der Waals surface area contributed by atoms with Gasteiger partial charge >= 0.3 is 5.97 Å². The molecular formula is C13H27N3O3. The maximum absolute atomic E-state index is 12.1. The van der Waals surface area contributed by atoms with E-state index in [-0.39, 0.29) is 5.92 Å². The van der Waals surface area contributed by atoms with Gasteiger partial charge in [0.25, 0.3) is 0 Å². The maximum atomic E-state index is 12.1. The summed E-state index contributed by atoms with van der Waals surface area (Å²) in [7, 11) is 6.87. The van der Waals surface area contributed by atoms with Crippen molar-refractivity contribution in [3.05, 3.63) is 0 Å². The molecule has 0 radical (unpaired) electrons. The standard InChI is InChI=1S/C13H27N3O3/c1-10(2)9-13(11(14)17,12(18)19-6)16(5)8-7-15(3)4/h10H,7-9H2,1-6H3,(H2,14,17)/t13-/m1/s1. The van der Waals surface area contributed by atoms with Crippen molar-refractivity contribution in [1.82, 2.24) is 9.80 Å². The van der Waals surface area contributed by atoms with E-state index in [0.29, 0.717) is 13.0 Å². The molecule has 0 fully saturated rings. The summed E-state index contributed by atoms with van der Waals surface area (Å²) in [6.07, 6.45) is 0.346. The number of carbonyl (C=O) groups is 2. The highest BCUT2D eigenvalue weighted by Crippen LogP contribution is 2.25. The van der Waals surface area contributed by atoms with Gasteiger partial charge in [-0.2, -0.15) is 0 Å². The van der Waals surface area contributed by atoms with Crippen LogP contribution in [0.1, 0.15) is 20.3 Å². The Hall–Kier alpha value is -1.14. The summed E-state index contributed by atoms with van der Waals surface area (Å²) in [5.74, 6) is -1.10. The van der Waals surface area contributed by atoms with E-state index in [1.54, 1.807) is 11.9 Å². The molecule has 0 bridgehead atoms. The first kappa shape index (κ1) is 17.9. The minimum absolute atomic E-state index is 0.147. The fourth-order valence-electron chi connectivity index (χ4n) is 2.08. The molecule has 0 spiro atoms. The van der Waals surface area contributed by atoms with Gasteiger partial charge in [-0.05, 0) is 33.5 Å². The molecule has 112 valence electrons. The number of methoxy groups -OCH3 is 1. The van der Waals surface area contributed by atoms with Gasteiger partial charge < -0.3 is 15.4 Å². The Kier molecular flexibility index (Phi) is 7.00. The minimum atomic E-state index is -1.39. The molecule has 0 aromatic carbocycles. The highest BCUT2D eigenvalue weighted by atomic mass is 16.5. The summed E-state index contributed by atoms with van der Waals surface area (Å²) in [6, 6.07) is 0. The minimum Gasteiger partial charge on any atom is -0.467 e. The molecule has 0 aromatic heterocycles. The van der Waals surface area contributed by atoms with Crippen LogP contribution in [0.3, 0.4) is 0 Å². The normalized spacial score (nSPS) is 14.8. The molecule has 0 rings (SSSR count). The fraction of sp³-hybridized carbons (Fsp3) is 0.846. The van der Waals surface area contributed by atoms with Crippen molar-refractivity contribution in [2.45, 2.75) is 25.8 Å². The summed E-state index contributed by atoms with van der Waals surface area (Å²) >= 11 is 0. The summed E-state index contributed by atoms with van der Waals surface area (Å²) in [5, 5.41) is 0. The van der Waals surface area contributed by atoms with Crippen molar-refractivity contribution in [1.29, 1.82) is 0 Å². The third kappa shape index (κ3) is 4.47. The monoisotopic (exact) mass is 273 g/mol. The second-order valence-electron chi connectivity index (χ2n) is 5.54. The van der Waals surface area contributed by atoms with Gasteiger partial charge in [0.05, 0.1) is 7.11 Å². The largest absolute Gasteiger partial charge is 0.467 e. The SMILES string of the molecule is COC(=O)[C@@](CC(C)C)(C(N)=O)N(C)CCN(C)C. The van der Waals surface area contributed by atoms with Gasteiger partial charge in [-0.1, -0.05) is 13.8 Å². The van der Waals surface area contributed by atoms with Crippen molar-refractivity contribution >= 4 is 11.9 Å². The molecule has 6 heteroatoms. The molecule has 2 N–H and O–H groups in total. The Morgan fingerprint density at radius 1 is 1.21 bits per heavy atom. The van der Waals surface area contributed by atoms with Crippen LogP contribution in [0.5, 0.6) is 0 Å². The predicted octanol–water partition coefficient (Wildman–Crippen LogP) is -0.0770. The van der Waals surface area contributed by atoms with Gasteiger partial charge in [-0.25, -0.2) is 4.79 Å². The zero-order valence-corrected chi connectivity index (χ0v) is 12.9. The van der Waals surface area contributed by atoms with E-state index in [9.17, 15) is 9.59 Å². The number of primary amides is 1. The lowest BCUT2D eigenvalue weighted by Gasteiger charge is -2.38. The first-order chi connectivity index (χ1) is 8.68. The number of amides is 1. The van der Waals surface area contributed by atoms with Gasteiger partial charge in [0.2, 0.25) is 5.91 Å². The highest BCUT2D eigenvalue weighted by Gasteiger charge is 2.49. The number of hydrogen-bond acceptors (Lipinski definition) is 5. The van der Waals surface area contributed by atoms with Crippen LogP contribution < -0.4 is 5.73 Å². The van der Waals surface area contributed by atoms with Gasteiger partial charge in [0, 0.05) is 13.1 Å². The first-order valence-electron chi connectivity index (χ1n) is 6.42. The molecular weight excluding hydrogens is 246 g/mol. The van der Waals surface area contributed by atoms with Crippen molar-refractivity contribution in [2.24, 2.45) is 11.7 Å². The number of ether oxygens (including phenoxy) is 1. The Labute approximate surface area is 115 Å². The quantitative estimate of drug-likeness (QED) is 0.494. The van der Waals surface area contributed by atoms with Crippen molar-refractivity contribution < 1.29 is 14.3 Å². The summed E-state index contributed by atoms with van der Waals surface area (Å²) in [4.78, 5) is 27.7. The van der Waals surface area contributed by atoms with Crippen LogP contribution in [-0.4, -0.2) is 68.6 Å². The summed E-state index contributed by atoms with van der Waals surface area (Å²) in [6.45, 7) is 5.17. The molecule has 0 aliphatic heterocycles. The van der Waals surface area contributed by atoms with Crippen LogP contribution in [0.4, 0.5) is 0 Å². The fourth-order valence-corrected chi connectivity index (χ4v) is 2.08. The van der Waals surface area contributed by atoms with Crippen LogP contribution in [0, 0.1) is 5.92 Å². The lowest BCUT2D eigenvalue weighted by atomic mass is 9.86. The molecule has 0 heterocycles. The van der Waals surface area contributed by atoms with E-state index < -0.39 is 17.4 Å². The van der Waals surface area contributed by atoms with Crippen LogP contribution in [-0.2, 0) is 14.3 Å². The number of hydrogen-bond donors (Lipinski definition) is 1. The van der Waals surface area contributed by atoms with Gasteiger partial charge in [-0.15, -0.1) is 0 Å². The van der Waals surface area contributed by atoms with Crippen molar-refractivity contribution in [3.63, 3.8) is 0 Å². The maximum Gasteiger partial charge on any atom is 0.336 e. The van der Waals surface area contributed by atoms with Crippen LogP contribution in [0.15, 0.2) is 0 Å². The molecule has 1 amide bonds. The number of nitrogens with two attached hydrogens (primary N) is 1. The van der Waals surface area contributed by atoms with Gasteiger partial charge in [0.1, 0.15) is 0 Å². The third-order valence-electron chi connectivity index (χ3n) is 3.17. The second-order valence-corrected chi connectivity index (χ2v) is 5.54. The smallest absolute Gasteiger partial charge is 0.336 e. The molecule has 1 atom stereocenters. The lowest BCUT2D eigenvalue weighted by molar-refractivity contribution is -0.161. The Morgan fingerprint density at radius 2 is 1.74 bits per heavy atom. The Bertz CT molecular complexity index is 318. The van der Waals surface area contributed by atoms with Crippen molar-refractivity contribution in [2.75, 3.05) is 41.3 Å². The van der Waals surface area contributed by atoms with E-state index in [1.807, 2.05) is 32.8 Å². The van der Waals surface area contributed by atoms with Crippen molar-refractivity contribution in [3.8, 4) is 0 Å². The number of esters is 1. The van der Waals surface area contributed by atoms with Crippen LogP contribution >= 0.6 is 0 Å². The zero-order chi connectivity index (χ0) is 15.2. The molecule has 0 saturated heterocycles. The Morgan fingerprint density at radius 3 is 2.05 bits per heavy atom. The number of nitrogens with zero attached hydrogens (tertiary/aromatic N) is 2. The average Bonchev–Trinajstić information content (AvgIpc) is 2.31. The highest BCUT2D eigenvalue weighted by molar-refractivity contribution is 6.06. The number of carbonyl (C=O) groups excluding carboxylic acids is 2. The molecule has 0 aliphatic rings. The second kappa shape index (κ2) is 7.45. The van der Waals surface area contributed by atoms with E-state index in [1.165, 1.54) is 7.11 Å². The van der Waals surface area contributed by atoms with Crippen LogP contribution in [0.2, 0.25) is 0 Å². The molecule has 0 unspecified atom stereocenters. The summed E-state index contributed by atoms with van der Waals surface area (Å²) in [5.41, 5.74) is 4.12. The van der Waals surface area contributed by atoms with E-state index >= 15 is 0 Å². The van der Waals surface area contributed by atoms with E-state index in [2.05, 4.69) is 0 Å². The lowest BCUT2D eigenvalue weighted by Crippen LogP contribution is -2.63. The zero-order valence-electron chi connectivity index (χ0n) is 12.9. The molecule has 0 aromatic rings. The van der Waals surface area contributed by atoms with Gasteiger partial charge in [0.15, 0.2) is 5.54 Å². The van der Waals surface area contributed by atoms with Crippen LogP contribution in [0.25, 0.3) is 0 Å². The predicted molar refractivity (Wildman–Crippen MR) is 74.6 cm³/mol.